The molecule has 7 heteroatoms. The van der Waals surface area contributed by atoms with Gasteiger partial charge in [-0.3, -0.25) is 14.6 Å². The van der Waals surface area contributed by atoms with Crippen LogP contribution in [0.15, 0.2) is 42.6 Å². The number of fused-ring (bicyclic) bond motifs is 1. The number of nitrogens with zero attached hydrogens (tertiary/aromatic N) is 1. The van der Waals surface area contributed by atoms with Crippen LogP contribution in [0.2, 0.25) is 0 Å². The van der Waals surface area contributed by atoms with Crippen molar-refractivity contribution in [1.82, 2.24) is 10.3 Å². The molecule has 0 aliphatic carbocycles. The number of pyridine rings is 1. The van der Waals surface area contributed by atoms with Gasteiger partial charge in [-0.1, -0.05) is 39.3 Å². The number of carbonyl (C=O) groups excluding carboxylic acids is 2. The second-order valence-electron chi connectivity index (χ2n) is 11.7. The molecule has 2 aliphatic rings. The highest BCUT2D eigenvalue weighted by atomic mass is 16.6. The minimum atomic E-state index is -1.21. The number of hydrogen-bond acceptors (Lipinski definition) is 6. The Labute approximate surface area is 221 Å². The summed E-state index contributed by atoms with van der Waals surface area (Å²) in [6.45, 7) is 13.1. The zero-order valence-electron chi connectivity index (χ0n) is 22.9. The van der Waals surface area contributed by atoms with Gasteiger partial charge in [0, 0.05) is 18.5 Å². The zero-order chi connectivity index (χ0) is 27.4. The molecule has 2 fully saturated rings. The number of carbonyl (C=O) groups is 2. The van der Waals surface area contributed by atoms with Crippen LogP contribution in [0.3, 0.4) is 0 Å². The number of ketones is 1. The lowest BCUT2D eigenvalue weighted by atomic mass is 9.71. The average molecular weight is 513 g/mol. The van der Waals surface area contributed by atoms with Gasteiger partial charge in [-0.05, 0) is 62.8 Å². The fourth-order valence-corrected chi connectivity index (χ4v) is 5.43. The summed E-state index contributed by atoms with van der Waals surface area (Å²) in [5, 5.41) is 25.2. The summed E-state index contributed by atoms with van der Waals surface area (Å²) in [5.74, 6) is -1.38. The number of Topliss-reactive ketones (excluding diaryl/α,β-unsaturated/α-hetero) is 1. The average Bonchev–Trinajstić information content (AvgIpc) is 3.49. The van der Waals surface area contributed by atoms with Gasteiger partial charge in [0.05, 0.1) is 47.5 Å². The van der Waals surface area contributed by atoms with E-state index in [1.54, 1.807) is 26.1 Å². The summed E-state index contributed by atoms with van der Waals surface area (Å²) < 4.78 is 6.12. The fourth-order valence-electron chi connectivity index (χ4n) is 5.43. The van der Waals surface area contributed by atoms with E-state index in [9.17, 15) is 19.8 Å². The number of aliphatic hydroxyl groups excluding tert-OH is 2. The monoisotopic (exact) mass is 512 g/mol. The maximum atomic E-state index is 13.6. The van der Waals surface area contributed by atoms with Gasteiger partial charge < -0.3 is 20.3 Å². The maximum Gasteiger partial charge on any atom is 0.223 e. The van der Waals surface area contributed by atoms with Crippen molar-refractivity contribution in [3.63, 3.8) is 0 Å². The van der Waals surface area contributed by atoms with Gasteiger partial charge in [-0.25, -0.2) is 0 Å². The first kappa shape index (κ1) is 29.2. The molecule has 0 radical (unpaired) electrons. The molecule has 0 bridgehead atoms. The molecule has 0 saturated carbocycles. The minimum absolute atomic E-state index is 0.00512. The Balaban J connectivity index is 1.89. The lowest BCUT2D eigenvalue weighted by Crippen LogP contribution is -2.48. The number of epoxide rings is 1. The van der Waals surface area contributed by atoms with E-state index in [2.05, 4.69) is 23.8 Å². The van der Waals surface area contributed by atoms with Crippen molar-refractivity contribution < 1.29 is 24.5 Å². The van der Waals surface area contributed by atoms with E-state index in [4.69, 9.17) is 4.74 Å². The Kier molecular flexibility index (Phi) is 9.48. The quantitative estimate of drug-likeness (QED) is 0.411. The van der Waals surface area contributed by atoms with Crippen LogP contribution in [0.25, 0.3) is 6.08 Å². The largest absolute Gasteiger partial charge is 0.392 e. The number of amides is 1. The molecule has 1 aromatic rings. The molecule has 2 unspecified atom stereocenters. The number of aliphatic hydroxyl groups is 2. The molecule has 0 aromatic carbocycles. The summed E-state index contributed by atoms with van der Waals surface area (Å²) in [6, 6.07) is 5.38. The predicted octanol–water partition coefficient (Wildman–Crippen LogP) is 4.24. The lowest BCUT2D eigenvalue weighted by molar-refractivity contribution is -0.143. The van der Waals surface area contributed by atoms with Crippen molar-refractivity contribution in [2.24, 2.45) is 17.3 Å². The van der Waals surface area contributed by atoms with Gasteiger partial charge in [-0.2, -0.15) is 0 Å². The molecule has 2 saturated heterocycles. The van der Waals surface area contributed by atoms with Gasteiger partial charge >= 0.3 is 0 Å². The number of ether oxygens (including phenoxy) is 1. The van der Waals surface area contributed by atoms with Gasteiger partial charge in [0.15, 0.2) is 0 Å². The highest BCUT2D eigenvalue weighted by Crippen LogP contribution is 2.44. The molecular formula is C30H44N2O5. The molecule has 7 nitrogen and oxygen atoms in total. The third-order valence-corrected chi connectivity index (χ3v) is 8.37. The molecule has 0 spiro atoms. The normalized spacial score (nSPS) is 35.8. The Bertz CT molecular complexity index is 991. The second-order valence-corrected chi connectivity index (χ2v) is 11.7. The number of aromatic nitrogens is 1. The smallest absolute Gasteiger partial charge is 0.223 e. The van der Waals surface area contributed by atoms with Gasteiger partial charge in [0.25, 0.3) is 0 Å². The molecule has 1 aromatic heterocycles. The van der Waals surface area contributed by atoms with E-state index in [0.717, 1.165) is 30.5 Å². The topological polar surface area (TPSA) is 112 Å². The van der Waals surface area contributed by atoms with E-state index in [0.29, 0.717) is 12.8 Å². The van der Waals surface area contributed by atoms with Crippen LogP contribution in [0.4, 0.5) is 0 Å². The summed E-state index contributed by atoms with van der Waals surface area (Å²) in [6.07, 6.45) is 6.40. The van der Waals surface area contributed by atoms with Crippen LogP contribution >= 0.6 is 0 Å². The maximum absolute atomic E-state index is 13.6. The van der Waals surface area contributed by atoms with E-state index in [-0.39, 0.29) is 41.8 Å². The van der Waals surface area contributed by atoms with Crippen molar-refractivity contribution in [3.05, 3.63) is 48.3 Å². The molecule has 7 atom stereocenters. The van der Waals surface area contributed by atoms with Crippen LogP contribution in [-0.4, -0.2) is 56.8 Å². The number of nitrogens with one attached hydrogen (secondary N) is 1. The standard InChI is InChI=1S/C30H44N2O5/c1-7-11-22-27(35)19(2)12-10-14-30(6)25(37-30)17-23(20(3)16-21-13-8-9-15-31-21)32-26(34)18-24(33)29(4,5)28(22)36/h7-9,13,15-16,19,22-25,27,33,35H,1,10-12,14,17-18H2,2-6H3,(H,32,34)/t19-,22+,23-,24-,25?,27+,30?/m0/s1. The third-order valence-electron chi connectivity index (χ3n) is 8.37. The third kappa shape index (κ3) is 7.15. The molecule has 3 heterocycles. The SMILES string of the molecule is C=CC[C@H]1C(=O)C(C)(C)[C@@H](O)CC(=O)N[C@H](C(C)=Cc2ccccn2)CC2OC2(C)CCC[C@H](C)[C@H]1O. The van der Waals surface area contributed by atoms with E-state index >= 15 is 0 Å². The van der Waals surface area contributed by atoms with E-state index in [1.807, 2.05) is 38.1 Å². The van der Waals surface area contributed by atoms with Crippen LogP contribution < -0.4 is 5.32 Å². The first-order valence-electron chi connectivity index (χ1n) is 13.5. The van der Waals surface area contributed by atoms with E-state index < -0.39 is 23.5 Å². The van der Waals surface area contributed by atoms with Crippen LogP contribution in [0, 0.1) is 17.3 Å². The fraction of sp³-hybridized carbons (Fsp3) is 0.633. The minimum Gasteiger partial charge on any atom is -0.392 e. The van der Waals surface area contributed by atoms with Gasteiger partial charge in [0.1, 0.15) is 5.78 Å². The first-order chi connectivity index (χ1) is 17.4. The van der Waals surface area contributed by atoms with E-state index in [1.165, 1.54) is 0 Å². The lowest BCUT2D eigenvalue weighted by Gasteiger charge is -2.36. The van der Waals surface area contributed by atoms with Crippen LogP contribution in [-0.2, 0) is 14.3 Å². The predicted molar refractivity (Wildman–Crippen MR) is 144 cm³/mol. The van der Waals surface area contributed by atoms with Crippen molar-refractivity contribution in [3.8, 4) is 0 Å². The Morgan fingerprint density at radius 2 is 2.00 bits per heavy atom. The molecule has 204 valence electrons. The first-order valence-corrected chi connectivity index (χ1v) is 13.5. The highest BCUT2D eigenvalue weighted by molar-refractivity contribution is 5.88. The molecular weight excluding hydrogens is 468 g/mol. The van der Waals surface area contributed by atoms with Crippen molar-refractivity contribution in [1.29, 1.82) is 0 Å². The Morgan fingerprint density at radius 1 is 1.27 bits per heavy atom. The number of allylic oxidation sites excluding steroid dienone is 1. The van der Waals surface area contributed by atoms with Crippen molar-refractivity contribution in [2.75, 3.05) is 0 Å². The number of rotatable bonds is 4. The van der Waals surface area contributed by atoms with Crippen molar-refractivity contribution >= 4 is 17.8 Å². The molecule has 1 amide bonds. The summed E-state index contributed by atoms with van der Waals surface area (Å²) in [4.78, 5) is 31.1. The van der Waals surface area contributed by atoms with Crippen LogP contribution in [0.5, 0.6) is 0 Å². The summed E-state index contributed by atoms with van der Waals surface area (Å²) in [5.41, 5.74) is 0.246. The van der Waals surface area contributed by atoms with Crippen molar-refractivity contribution in [2.45, 2.75) is 103 Å². The van der Waals surface area contributed by atoms with Gasteiger partial charge in [0.2, 0.25) is 5.91 Å². The molecule has 2 aliphatic heterocycles. The Hall–Kier alpha value is -2.35. The molecule has 37 heavy (non-hydrogen) atoms. The molecule has 3 N–H and O–H groups in total. The highest BCUT2D eigenvalue weighted by Gasteiger charge is 2.52. The second kappa shape index (κ2) is 12.0. The molecule has 3 rings (SSSR count). The Morgan fingerprint density at radius 3 is 2.65 bits per heavy atom. The van der Waals surface area contributed by atoms with Gasteiger partial charge in [-0.15, -0.1) is 6.58 Å². The van der Waals surface area contributed by atoms with Crippen LogP contribution in [0.1, 0.15) is 78.8 Å². The summed E-state index contributed by atoms with van der Waals surface area (Å²) >= 11 is 0. The zero-order valence-corrected chi connectivity index (χ0v) is 22.9. The summed E-state index contributed by atoms with van der Waals surface area (Å²) in [7, 11) is 0. The number of hydrogen-bond donors (Lipinski definition) is 3.